The third-order valence-corrected chi connectivity index (χ3v) is 4.88. The molecule has 1 N–H and O–H groups in total. The average molecular weight is 321 g/mol. The van der Waals surface area contributed by atoms with Gasteiger partial charge in [-0.25, -0.2) is 22.0 Å². The number of halogens is 2. The molecule has 0 aliphatic carbocycles. The molecule has 118 valence electrons. The first-order chi connectivity index (χ1) is 9.74. The van der Waals surface area contributed by atoms with Gasteiger partial charge in [0.15, 0.2) is 15.7 Å². The van der Waals surface area contributed by atoms with Gasteiger partial charge in [0.2, 0.25) is 0 Å². The smallest absolute Gasteiger partial charge is 0.341 e. The van der Waals surface area contributed by atoms with E-state index in [0.29, 0.717) is 19.2 Å². The Morgan fingerprint density at radius 3 is 2.29 bits per heavy atom. The van der Waals surface area contributed by atoms with E-state index in [-0.39, 0.29) is 12.3 Å². The van der Waals surface area contributed by atoms with Crippen molar-refractivity contribution in [1.29, 1.82) is 0 Å². The van der Waals surface area contributed by atoms with Crippen molar-refractivity contribution in [3.05, 3.63) is 29.3 Å². The first-order valence-corrected chi connectivity index (χ1v) is 8.06. The number of aromatic carboxylic acids is 1. The lowest BCUT2D eigenvalue weighted by atomic mass is 10.2. The van der Waals surface area contributed by atoms with Gasteiger partial charge in [0.05, 0.1) is 5.75 Å². The fourth-order valence-electron chi connectivity index (χ4n) is 1.87. The number of carbonyl (C=O) groups is 1. The molecule has 0 atom stereocenters. The molecule has 0 unspecified atom stereocenters. The summed E-state index contributed by atoms with van der Waals surface area (Å²) in [6, 6.07) is 1.41. The Morgan fingerprint density at radius 2 is 1.81 bits per heavy atom. The summed E-state index contributed by atoms with van der Waals surface area (Å²) in [5, 5.41) is 8.75. The molecule has 0 fully saturated rings. The zero-order valence-corrected chi connectivity index (χ0v) is 12.6. The van der Waals surface area contributed by atoms with Crippen LogP contribution in [0.25, 0.3) is 0 Å². The molecule has 21 heavy (non-hydrogen) atoms. The van der Waals surface area contributed by atoms with E-state index < -0.39 is 37.9 Å². The van der Waals surface area contributed by atoms with Crippen molar-refractivity contribution in [1.82, 2.24) is 4.90 Å². The molecular formula is C13H17F2NO4S. The number of hydrogen-bond acceptors (Lipinski definition) is 4. The molecule has 8 heteroatoms. The normalized spacial score (nSPS) is 11.9. The van der Waals surface area contributed by atoms with Crippen LogP contribution in [0.4, 0.5) is 8.78 Å². The van der Waals surface area contributed by atoms with Gasteiger partial charge in [0, 0.05) is 6.54 Å². The quantitative estimate of drug-likeness (QED) is 0.775. The second-order valence-electron chi connectivity index (χ2n) is 4.39. The molecule has 0 aliphatic rings. The second kappa shape index (κ2) is 6.95. The molecule has 0 aromatic heterocycles. The van der Waals surface area contributed by atoms with Gasteiger partial charge in [0.1, 0.15) is 16.3 Å². The highest BCUT2D eigenvalue weighted by molar-refractivity contribution is 7.91. The second-order valence-corrected chi connectivity index (χ2v) is 6.46. The largest absolute Gasteiger partial charge is 0.477 e. The average Bonchev–Trinajstić information content (AvgIpc) is 2.39. The molecule has 1 aromatic rings. The van der Waals surface area contributed by atoms with Crippen molar-refractivity contribution in [2.75, 3.05) is 25.4 Å². The van der Waals surface area contributed by atoms with Crippen molar-refractivity contribution < 1.29 is 27.1 Å². The summed E-state index contributed by atoms with van der Waals surface area (Å²) in [6.45, 7) is 5.18. The van der Waals surface area contributed by atoms with E-state index >= 15 is 0 Å². The summed E-state index contributed by atoms with van der Waals surface area (Å²) < 4.78 is 51.4. The number of carboxylic acids is 1. The fraction of sp³-hybridized carbons (Fsp3) is 0.462. The summed E-state index contributed by atoms with van der Waals surface area (Å²) >= 11 is 0. The number of hydrogen-bond donors (Lipinski definition) is 1. The Labute approximate surface area is 122 Å². The highest BCUT2D eigenvalue weighted by atomic mass is 32.2. The maximum atomic E-state index is 14.0. The Kier molecular flexibility index (Phi) is 5.79. The highest BCUT2D eigenvalue weighted by Gasteiger charge is 2.27. The van der Waals surface area contributed by atoms with Crippen molar-refractivity contribution in [2.45, 2.75) is 18.7 Å². The number of sulfone groups is 1. The van der Waals surface area contributed by atoms with Gasteiger partial charge < -0.3 is 10.0 Å². The predicted octanol–water partition coefficient (Wildman–Crippen LogP) is 1.78. The zero-order chi connectivity index (χ0) is 16.2. The van der Waals surface area contributed by atoms with Crippen LogP contribution in [-0.4, -0.2) is 49.8 Å². The van der Waals surface area contributed by atoms with Crippen molar-refractivity contribution in [2.24, 2.45) is 0 Å². The molecule has 0 aliphatic heterocycles. The van der Waals surface area contributed by atoms with Gasteiger partial charge >= 0.3 is 5.97 Å². The predicted molar refractivity (Wildman–Crippen MR) is 73.2 cm³/mol. The topological polar surface area (TPSA) is 74.7 Å². The molecule has 0 amide bonds. The number of benzene rings is 1. The summed E-state index contributed by atoms with van der Waals surface area (Å²) in [4.78, 5) is 11.8. The Bertz CT molecular complexity index is 627. The van der Waals surface area contributed by atoms with Crippen LogP contribution < -0.4 is 0 Å². The first kappa shape index (κ1) is 17.5. The molecule has 1 rings (SSSR count). The van der Waals surface area contributed by atoms with Crippen LogP contribution >= 0.6 is 0 Å². The van der Waals surface area contributed by atoms with Crippen LogP contribution in [-0.2, 0) is 9.84 Å². The van der Waals surface area contributed by atoms with Crippen LogP contribution in [0.5, 0.6) is 0 Å². The van der Waals surface area contributed by atoms with E-state index in [9.17, 15) is 22.0 Å². The summed E-state index contributed by atoms with van der Waals surface area (Å²) in [5.41, 5.74) is -1.25. The van der Waals surface area contributed by atoms with Crippen LogP contribution in [0.2, 0.25) is 0 Å². The number of carboxylic acid groups (broad SMARTS) is 1. The Hall–Kier alpha value is -1.54. The summed E-state index contributed by atoms with van der Waals surface area (Å²) in [7, 11) is -4.03. The lowest BCUT2D eigenvalue weighted by Gasteiger charge is -2.18. The molecule has 0 spiro atoms. The van der Waals surface area contributed by atoms with Gasteiger partial charge in [-0.15, -0.1) is 0 Å². The third-order valence-electron chi connectivity index (χ3n) is 3.18. The van der Waals surface area contributed by atoms with Crippen LogP contribution in [0.3, 0.4) is 0 Å². The highest BCUT2D eigenvalue weighted by Crippen LogP contribution is 2.22. The van der Waals surface area contributed by atoms with Crippen LogP contribution in [0, 0.1) is 11.6 Å². The van der Waals surface area contributed by atoms with E-state index in [2.05, 4.69) is 0 Å². The maximum absolute atomic E-state index is 14.0. The van der Waals surface area contributed by atoms with E-state index in [0.717, 1.165) is 6.07 Å². The third kappa shape index (κ3) is 3.98. The SMILES string of the molecule is CCN(CC)CCS(=O)(=O)c1ccc(F)c(C(=O)O)c1F. The summed E-state index contributed by atoms with van der Waals surface area (Å²) in [5.74, 6) is -5.06. The van der Waals surface area contributed by atoms with E-state index in [1.165, 1.54) is 0 Å². The molecule has 1 aromatic carbocycles. The minimum absolute atomic E-state index is 0.189. The molecular weight excluding hydrogens is 304 g/mol. The van der Waals surface area contributed by atoms with E-state index in [1.54, 1.807) is 0 Å². The Balaban J connectivity index is 3.15. The van der Waals surface area contributed by atoms with Crippen molar-refractivity contribution in [3.8, 4) is 0 Å². The van der Waals surface area contributed by atoms with Gasteiger partial charge in [-0.2, -0.15) is 0 Å². The lowest BCUT2D eigenvalue weighted by molar-refractivity contribution is 0.0685. The number of nitrogens with zero attached hydrogens (tertiary/aromatic N) is 1. The molecule has 0 heterocycles. The number of rotatable bonds is 7. The Morgan fingerprint density at radius 1 is 1.24 bits per heavy atom. The van der Waals surface area contributed by atoms with Crippen molar-refractivity contribution in [3.63, 3.8) is 0 Å². The lowest BCUT2D eigenvalue weighted by Crippen LogP contribution is -2.29. The zero-order valence-electron chi connectivity index (χ0n) is 11.8. The molecule has 0 saturated heterocycles. The monoisotopic (exact) mass is 321 g/mol. The van der Waals surface area contributed by atoms with Gasteiger partial charge in [-0.3, -0.25) is 0 Å². The minimum Gasteiger partial charge on any atom is -0.477 e. The maximum Gasteiger partial charge on any atom is 0.341 e. The molecule has 0 bridgehead atoms. The molecule has 0 radical (unpaired) electrons. The van der Waals surface area contributed by atoms with E-state index in [1.807, 2.05) is 18.7 Å². The van der Waals surface area contributed by atoms with Crippen LogP contribution in [0.1, 0.15) is 24.2 Å². The standard InChI is InChI=1S/C13H17F2NO4S/c1-3-16(4-2)7-8-21(19,20)10-6-5-9(14)11(12(10)15)13(17)18/h5-6H,3-4,7-8H2,1-2H3,(H,17,18). The molecule has 0 saturated carbocycles. The first-order valence-electron chi connectivity index (χ1n) is 6.41. The van der Waals surface area contributed by atoms with Crippen molar-refractivity contribution >= 4 is 15.8 Å². The van der Waals surface area contributed by atoms with E-state index in [4.69, 9.17) is 5.11 Å². The van der Waals surface area contributed by atoms with Crippen LogP contribution in [0.15, 0.2) is 17.0 Å². The van der Waals surface area contributed by atoms with Gasteiger partial charge in [-0.1, -0.05) is 13.8 Å². The van der Waals surface area contributed by atoms with Gasteiger partial charge in [0.25, 0.3) is 0 Å². The van der Waals surface area contributed by atoms with Gasteiger partial charge in [-0.05, 0) is 25.2 Å². The fourth-order valence-corrected chi connectivity index (χ4v) is 3.24. The summed E-state index contributed by atoms with van der Waals surface area (Å²) in [6.07, 6.45) is 0. The molecule has 5 nitrogen and oxygen atoms in total. The minimum atomic E-state index is -4.03.